The lowest BCUT2D eigenvalue weighted by molar-refractivity contribution is -0.471. The van der Waals surface area contributed by atoms with Gasteiger partial charge in [-0.15, -0.1) is 0 Å². The Hall–Kier alpha value is -2.55. The fourth-order valence-corrected chi connectivity index (χ4v) is 2.86. The Morgan fingerprint density at radius 1 is 1.05 bits per heavy atom. The number of benzene rings is 2. The van der Waals surface area contributed by atoms with Crippen LogP contribution in [0.1, 0.15) is 5.56 Å². The molecule has 0 amide bonds. The minimum Gasteiger partial charge on any atom is -0.496 e. The summed E-state index contributed by atoms with van der Waals surface area (Å²) in [6, 6.07) is 16.7. The van der Waals surface area contributed by atoms with Crippen LogP contribution < -0.4 is 4.74 Å². The highest BCUT2D eigenvalue weighted by Crippen LogP contribution is 2.30. The van der Waals surface area contributed by atoms with Gasteiger partial charge in [-0.3, -0.25) is 4.57 Å². The van der Waals surface area contributed by atoms with Crippen LogP contribution in [0, 0.1) is 0 Å². The zero-order valence-corrected chi connectivity index (χ0v) is 11.3. The van der Waals surface area contributed by atoms with Gasteiger partial charge in [-0.2, -0.15) is 4.58 Å². The largest absolute Gasteiger partial charge is 0.496 e. The van der Waals surface area contributed by atoms with E-state index in [-0.39, 0.29) is 0 Å². The molecule has 3 nitrogen and oxygen atoms in total. The summed E-state index contributed by atoms with van der Waals surface area (Å²) in [4.78, 5) is 0. The third-order valence-electron chi connectivity index (χ3n) is 3.83. The van der Waals surface area contributed by atoms with Crippen molar-refractivity contribution in [3.05, 3.63) is 60.3 Å². The molecule has 0 N–H and O–H groups in total. The molecular weight excluding hydrogens is 248 g/mol. The SMILES string of the molecule is COc1ccc2ccn3c2c1C=[N+](c1ccccc1)C3. The molecule has 0 spiro atoms. The molecule has 20 heavy (non-hydrogen) atoms. The second-order valence-electron chi connectivity index (χ2n) is 4.98. The van der Waals surface area contributed by atoms with E-state index in [2.05, 4.69) is 58.0 Å². The van der Waals surface area contributed by atoms with Crippen LogP contribution in [0.25, 0.3) is 10.9 Å². The molecule has 0 aliphatic carbocycles. The number of hydrogen-bond acceptors (Lipinski definition) is 1. The number of ether oxygens (including phenoxy) is 1. The van der Waals surface area contributed by atoms with Crippen LogP contribution in [0.5, 0.6) is 5.75 Å². The Bertz CT molecular complexity index is 816. The molecule has 0 unspecified atom stereocenters. The highest BCUT2D eigenvalue weighted by molar-refractivity contribution is 6.00. The molecule has 3 heteroatoms. The second-order valence-corrected chi connectivity index (χ2v) is 4.98. The van der Waals surface area contributed by atoms with Crippen molar-refractivity contribution in [1.29, 1.82) is 0 Å². The third kappa shape index (κ3) is 1.56. The van der Waals surface area contributed by atoms with Gasteiger partial charge in [-0.1, -0.05) is 18.2 Å². The molecule has 2 aromatic carbocycles. The standard InChI is InChI=1S/C17H15N2O/c1-20-16-8-7-13-9-10-18-12-19(11-15(16)17(13)18)14-5-3-2-4-6-14/h2-11H,12H2,1H3/q+1. The molecule has 3 aromatic rings. The van der Waals surface area contributed by atoms with Crippen molar-refractivity contribution in [3.63, 3.8) is 0 Å². The van der Waals surface area contributed by atoms with E-state index in [1.54, 1.807) is 7.11 Å². The number of para-hydroxylation sites is 1. The van der Waals surface area contributed by atoms with Crippen LogP contribution in [0.3, 0.4) is 0 Å². The van der Waals surface area contributed by atoms with Gasteiger partial charge in [0.15, 0.2) is 6.21 Å². The van der Waals surface area contributed by atoms with Crippen molar-refractivity contribution in [2.75, 3.05) is 7.11 Å². The van der Waals surface area contributed by atoms with E-state index in [1.165, 1.54) is 16.6 Å². The smallest absolute Gasteiger partial charge is 0.228 e. The fourth-order valence-electron chi connectivity index (χ4n) is 2.86. The van der Waals surface area contributed by atoms with Crippen molar-refractivity contribution >= 4 is 22.8 Å². The van der Waals surface area contributed by atoms with E-state index >= 15 is 0 Å². The Morgan fingerprint density at radius 3 is 2.70 bits per heavy atom. The first-order valence-electron chi connectivity index (χ1n) is 6.69. The summed E-state index contributed by atoms with van der Waals surface area (Å²) in [5, 5.41) is 1.25. The molecule has 4 rings (SSSR count). The molecular formula is C17H15N2O+. The monoisotopic (exact) mass is 263 g/mol. The molecule has 1 aliphatic heterocycles. The van der Waals surface area contributed by atoms with E-state index in [0.29, 0.717) is 0 Å². The molecule has 0 radical (unpaired) electrons. The summed E-state index contributed by atoms with van der Waals surface area (Å²) >= 11 is 0. The molecule has 0 saturated heterocycles. The molecule has 0 fully saturated rings. The maximum Gasteiger partial charge on any atom is 0.228 e. The molecule has 0 bridgehead atoms. The summed E-state index contributed by atoms with van der Waals surface area (Å²) in [5.41, 5.74) is 3.58. The number of hydrogen-bond donors (Lipinski definition) is 0. The Balaban J connectivity index is 1.97. The number of rotatable bonds is 2. The van der Waals surface area contributed by atoms with Crippen molar-refractivity contribution in [1.82, 2.24) is 4.57 Å². The van der Waals surface area contributed by atoms with Gasteiger partial charge in [0.05, 0.1) is 12.6 Å². The van der Waals surface area contributed by atoms with E-state index < -0.39 is 0 Å². The van der Waals surface area contributed by atoms with Gasteiger partial charge in [0, 0.05) is 23.7 Å². The van der Waals surface area contributed by atoms with E-state index in [0.717, 1.165) is 18.0 Å². The summed E-state index contributed by atoms with van der Waals surface area (Å²) < 4.78 is 10.0. The Labute approximate surface area is 117 Å². The molecule has 2 heterocycles. The first kappa shape index (κ1) is 11.3. The van der Waals surface area contributed by atoms with E-state index in [9.17, 15) is 0 Å². The Morgan fingerprint density at radius 2 is 1.90 bits per heavy atom. The zero-order valence-electron chi connectivity index (χ0n) is 11.3. The highest BCUT2D eigenvalue weighted by atomic mass is 16.5. The van der Waals surface area contributed by atoms with Crippen LogP contribution >= 0.6 is 0 Å². The van der Waals surface area contributed by atoms with Gasteiger partial charge in [-0.25, -0.2) is 0 Å². The predicted molar refractivity (Wildman–Crippen MR) is 80.0 cm³/mol. The van der Waals surface area contributed by atoms with E-state index in [1.807, 2.05) is 12.1 Å². The maximum absolute atomic E-state index is 5.52. The summed E-state index contributed by atoms with van der Waals surface area (Å²) in [5.74, 6) is 0.915. The maximum atomic E-state index is 5.52. The van der Waals surface area contributed by atoms with E-state index in [4.69, 9.17) is 4.74 Å². The molecule has 1 aromatic heterocycles. The zero-order chi connectivity index (χ0) is 13.5. The van der Waals surface area contributed by atoms with Gasteiger partial charge >= 0.3 is 0 Å². The molecule has 98 valence electrons. The van der Waals surface area contributed by atoms with Crippen molar-refractivity contribution in [2.45, 2.75) is 6.67 Å². The van der Waals surface area contributed by atoms with Crippen molar-refractivity contribution in [3.8, 4) is 5.75 Å². The van der Waals surface area contributed by atoms with Gasteiger partial charge in [0.2, 0.25) is 12.4 Å². The number of aromatic nitrogens is 1. The van der Waals surface area contributed by atoms with Gasteiger partial charge in [0.25, 0.3) is 0 Å². The molecule has 0 atom stereocenters. The lowest BCUT2D eigenvalue weighted by Crippen LogP contribution is -2.18. The molecule has 0 saturated carbocycles. The van der Waals surface area contributed by atoms with Crippen LogP contribution in [-0.4, -0.2) is 22.5 Å². The lowest BCUT2D eigenvalue weighted by atomic mass is 10.1. The van der Waals surface area contributed by atoms with Crippen LogP contribution in [0.2, 0.25) is 0 Å². The molecule has 1 aliphatic rings. The average molecular weight is 263 g/mol. The first-order chi connectivity index (χ1) is 9.86. The first-order valence-corrected chi connectivity index (χ1v) is 6.69. The number of nitrogens with zero attached hydrogens (tertiary/aromatic N) is 2. The fraction of sp³-hybridized carbons (Fsp3) is 0.118. The topological polar surface area (TPSA) is 17.2 Å². The Kier molecular flexibility index (Phi) is 2.39. The minimum absolute atomic E-state index is 0.827. The summed E-state index contributed by atoms with van der Waals surface area (Å²) in [6.45, 7) is 0.827. The van der Waals surface area contributed by atoms with Crippen LogP contribution in [-0.2, 0) is 6.67 Å². The van der Waals surface area contributed by atoms with Gasteiger partial charge < -0.3 is 4.74 Å². The van der Waals surface area contributed by atoms with Crippen LogP contribution in [0.4, 0.5) is 5.69 Å². The average Bonchev–Trinajstić information content (AvgIpc) is 2.93. The summed E-state index contributed by atoms with van der Waals surface area (Å²) in [6.07, 6.45) is 4.31. The predicted octanol–water partition coefficient (Wildman–Crippen LogP) is 3.38. The minimum atomic E-state index is 0.827. The normalized spacial score (nSPS) is 13.3. The number of methoxy groups -OCH3 is 1. The van der Waals surface area contributed by atoms with Crippen molar-refractivity contribution in [2.24, 2.45) is 0 Å². The summed E-state index contributed by atoms with van der Waals surface area (Å²) in [7, 11) is 1.72. The van der Waals surface area contributed by atoms with Crippen molar-refractivity contribution < 1.29 is 9.31 Å². The highest BCUT2D eigenvalue weighted by Gasteiger charge is 2.22. The van der Waals surface area contributed by atoms with Gasteiger partial charge in [0.1, 0.15) is 11.3 Å². The third-order valence-corrected chi connectivity index (χ3v) is 3.83. The van der Waals surface area contributed by atoms with Gasteiger partial charge in [-0.05, 0) is 18.2 Å². The quantitative estimate of drug-likeness (QED) is 0.648. The van der Waals surface area contributed by atoms with Crippen LogP contribution in [0.15, 0.2) is 54.7 Å². The second kappa shape index (κ2) is 4.23. The lowest BCUT2D eigenvalue weighted by Gasteiger charge is -2.14.